The number of aromatic hydroxyl groups is 1. The molecule has 20 heavy (non-hydrogen) atoms. The van der Waals surface area contributed by atoms with Gasteiger partial charge in [-0.3, -0.25) is 0 Å². The van der Waals surface area contributed by atoms with Gasteiger partial charge in [-0.05, 0) is 31.0 Å². The Bertz CT molecular complexity index is 759. The molecule has 0 fully saturated rings. The fourth-order valence-corrected chi connectivity index (χ4v) is 2.58. The van der Waals surface area contributed by atoms with E-state index in [9.17, 15) is 5.11 Å². The normalized spacial score (nSPS) is 11.1. The molecule has 0 aliphatic heterocycles. The molecule has 3 rings (SSSR count). The van der Waals surface area contributed by atoms with E-state index in [1.807, 2.05) is 13.1 Å². The van der Waals surface area contributed by atoms with Gasteiger partial charge in [-0.15, -0.1) is 0 Å². The maximum Gasteiger partial charge on any atom is 0.117 e. The average Bonchev–Trinajstić information content (AvgIpc) is 2.73. The lowest BCUT2D eigenvalue weighted by Gasteiger charge is -2.04. The van der Waals surface area contributed by atoms with E-state index in [1.54, 1.807) is 12.1 Å². The monoisotopic (exact) mass is 266 g/mol. The number of aryl methyl sites for hydroxylation is 4. The molecule has 0 aliphatic rings. The highest BCUT2D eigenvalue weighted by molar-refractivity contribution is 5.77. The molecule has 1 aromatic heterocycles. The van der Waals surface area contributed by atoms with E-state index < -0.39 is 0 Å². The van der Waals surface area contributed by atoms with Gasteiger partial charge in [-0.25, -0.2) is 4.98 Å². The van der Waals surface area contributed by atoms with Crippen LogP contribution in [0.5, 0.6) is 5.75 Å². The van der Waals surface area contributed by atoms with Crippen LogP contribution in [0.4, 0.5) is 0 Å². The lowest BCUT2D eigenvalue weighted by atomic mass is 10.1. The Kier molecular flexibility index (Phi) is 3.18. The Morgan fingerprint density at radius 2 is 1.95 bits per heavy atom. The number of fused-ring (bicyclic) bond motifs is 1. The molecule has 0 saturated heterocycles. The molecule has 0 bridgehead atoms. The topological polar surface area (TPSA) is 38.1 Å². The maximum absolute atomic E-state index is 9.56. The number of hydrogen-bond donors (Lipinski definition) is 1. The summed E-state index contributed by atoms with van der Waals surface area (Å²) in [5.74, 6) is 1.33. The van der Waals surface area contributed by atoms with Crippen molar-refractivity contribution in [1.29, 1.82) is 0 Å². The molecule has 0 amide bonds. The van der Waals surface area contributed by atoms with Crippen molar-refractivity contribution in [2.75, 3.05) is 0 Å². The smallest absolute Gasteiger partial charge is 0.117 e. The van der Waals surface area contributed by atoms with E-state index in [-0.39, 0.29) is 5.75 Å². The van der Waals surface area contributed by atoms with Gasteiger partial charge in [0.2, 0.25) is 0 Å². The third-order valence-electron chi connectivity index (χ3n) is 3.68. The summed E-state index contributed by atoms with van der Waals surface area (Å²) in [4.78, 5) is 4.64. The van der Waals surface area contributed by atoms with Crippen LogP contribution in [0.15, 0.2) is 42.5 Å². The molecule has 2 aromatic carbocycles. The van der Waals surface area contributed by atoms with Gasteiger partial charge in [0.25, 0.3) is 0 Å². The Labute approximate surface area is 118 Å². The minimum Gasteiger partial charge on any atom is -0.508 e. The zero-order valence-corrected chi connectivity index (χ0v) is 11.8. The second kappa shape index (κ2) is 5.00. The number of phenolic OH excluding ortho intramolecular Hbond substituents is 1. The zero-order valence-electron chi connectivity index (χ0n) is 11.8. The summed E-state index contributed by atoms with van der Waals surface area (Å²) in [6.45, 7) is 2.11. The van der Waals surface area contributed by atoms with Crippen LogP contribution in [0.1, 0.15) is 17.0 Å². The standard InChI is InChI=1S/C17H18N2O/c1-12-4-3-5-13(10-12)6-9-17-18-15-8-7-14(20)11-16(15)19(17)2/h3-5,7-8,10-11,20H,6,9H2,1-2H3. The highest BCUT2D eigenvalue weighted by Crippen LogP contribution is 2.21. The van der Waals surface area contributed by atoms with Crippen LogP contribution in [0, 0.1) is 6.92 Å². The van der Waals surface area contributed by atoms with Crippen molar-refractivity contribution in [2.45, 2.75) is 19.8 Å². The first-order valence-electron chi connectivity index (χ1n) is 6.83. The molecule has 3 heteroatoms. The van der Waals surface area contributed by atoms with Crippen molar-refractivity contribution in [3.8, 4) is 5.75 Å². The maximum atomic E-state index is 9.56. The zero-order chi connectivity index (χ0) is 14.1. The molecule has 102 valence electrons. The number of rotatable bonds is 3. The van der Waals surface area contributed by atoms with Crippen molar-refractivity contribution < 1.29 is 5.11 Å². The average molecular weight is 266 g/mol. The van der Waals surface area contributed by atoms with E-state index in [2.05, 4.69) is 40.7 Å². The van der Waals surface area contributed by atoms with Crippen LogP contribution in [0.3, 0.4) is 0 Å². The Hall–Kier alpha value is -2.29. The van der Waals surface area contributed by atoms with Gasteiger partial charge in [-0.2, -0.15) is 0 Å². The SMILES string of the molecule is Cc1cccc(CCc2nc3ccc(O)cc3n2C)c1. The number of nitrogens with zero attached hydrogens (tertiary/aromatic N) is 2. The molecule has 1 N–H and O–H groups in total. The Morgan fingerprint density at radius 1 is 1.10 bits per heavy atom. The Morgan fingerprint density at radius 3 is 2.75 bits per heavy atom. The second-order valence-corrected chi connectivity index (χ2v) is 5.25. The third-order valence-corrected chi connectivity index (χ3v) is 3.68. The van der Waals surface area contributed by atoms with Crippen molar-refractivity contribution in [3.05, 3.63) is 59.4 Å². The van der Waals surface area contributed by atoms with Crippen molar-refractivity contribution >= 4 is 11.0 Å². The van der Waals surface area contributed by atoms with Crippen LogP contribution >= 0.6 is 0 Å². The van der Waals surface area contributed by atoms with E-state index in [0.29, 0.717) is 0 Å². The van der Waals surface area contributed by atoms with Gasteiger partial charge in [-0.1, -0.05) is 29.8 Å². The summed E-state index contributed by atoms with van der Waals surface area (Å²) in [6.07, 6.45) is 1.88. The van der Waals surface area contributed by atoms with Gasteiger partial charge in [0.1, 0.15) is 11.6 Å². The van der Waals surface area contributed by atoms with Crippen molar-refractivity contribution in [2.24, 2.45) is 7.05 Å². The molecule has 0 saturated carbocycles. The molecule has 0 radical (unpaired) electrons. The number of phenols is 1. The first-order valence-corrected chi connectivity index (χ1v) is 6.83. The van der Waals surface area contributed by atoms with E-state index >= 15 is 0 Å². The third kappa shape index (κ3) is 2.39. The van der Waals surface area contributed by atoms with Gasteiger partial charge in [0.15, 0.2) is 0 Å². The molecule has 0 unspecified atom stereocenters. The lowest BCUT2D eigenvalue weighted by Crippen LogP contribution is -2.00. The minimum absolute atomic E-state index is 0.283. The summed E-state index contributed by atoms with van der Waals surface area (Å²) in [6, 6.07) is 13.9. The largest absolute Gasteiger partial charge is 0.508 e. The quantitative estimate of drug-likeness (QED) is 0.789. The Balaban J connectivity index is 1.86. The second-order valence-electron chi connectivity index (χ2n) is 5.25. The molecule has 1 heterocycles. The highest BCUT2D eigenvalue weighted by Gasteiger charge is 2.08. The van der Waals surface area contributed by atoms with Gasteiger partial charge in [0, 0.05) is 19.5 Å². The van der Waals surface area contributed by atoms with Gasteiger partial charge in [0.05, 0.1) is 11.0 Å². The molecular weight excluding hydrogens is 248 g/mol. The molecular formula is C17H18N2O. The molecule has 0 atom stereocenters. The van der Waals surface area contributed by atoms with Crippen LogP contribution in [-0.4, -0.2) is 14.7 Å². The summed E-state index contributed by atoms with van der Waals surface area (Å²) in [7, 11) is 2.00. The number of benzene rings is 2. The van der Waals surface area contributed by atoms with E-state index in [4.69, 9.17) is 0 Å². The summed E-state index contributed by atoms with van der Waals surface area (Å²) in [5.41, 5.74) is 4.53. The van der Waals surface area contributed by atoms with E-state index in [1.165, 1.54) is 11.1 Å². The summed E-state index contributed by atoms with van der Waals surface area (Å²) in [5, 5.41) is 9.56. The number of hydrogen-bond acceptors (Lipinski definition) is 2. The first-order chi connectivity index (χ1) is 9.63. The van der Waals surface area contributed by atoms with Crippen LogP contribution in [0.25, 0.3) is 11.0 Å². The summed E-state index contributed by atoms with van der Waals surface area (Å²) < 4.78 is 2.06. The molecule has 3 aromatic rings. The first kappa shape index (κ1) is 12.7. The molecule has 3 nitrogen and oxygen atoms in total. The van der Waals surface area contributed by atoms with Crippen molar-refractivity contribution in [3.63, 3.8) is 0 Å². The lowest BCUT2D eigenvalue weighted by molar-refractivity contribution is 0.476. The van der Waals surface area contributed by atoms with Crippen LogP contribution < -0.4 is 0 Å². The molecule has 0 aliphatic carbocycles. The van der Waals surface area contributed by atoms with Crippen LogP contribution in [-0.2, 0) is 19.9 Å². The van der Waals surface area contributed by atoms with Gasteiger partial charge < -0.3 is 9.67 Å². The van der Waals surface area contributed by atoms with E-state index in [0.717, 1.165) is 29.7 Å². The summed E-state index contributed by atoms with van der Waals surface area (Å²) >= 11 is 0. The number of aromatic nitrogens is 2. The highest BCUT2D eigenvalue weighted by atomic mass is 16.3. The predicted octanol–water partition coefficient (Wildman–Crippen LogP) is 3.37. The molecule has 0 spiro atoms. The fourth-order valence-electron chi connectivity index (χ4n) is 2.58. The number of imidazole rings is 1. The van der Waals surface area contributed by atoms with Crippen molar-refractivity contribution in [1.82, 2.24) is 9.55 Å². The van der Waals surface area contributed by atoms with Crippen LogP contribution in [0.2, 0.25) is 0 Å². The van der Waals surface area contributed by atoms with Gasteiger partial charge >= 0.3 is 0 Å². The minimum atomic E-state index is 0.283. The fraction of sp³-hybridized carbons (Fsp3) is 0.235. The predicted molar refractivity (Wildman–Crippen MR) is 81.0 cm³/mol.